The number of carbonyl (C=O) groups is 1. The topological polar surface area (TPSA) is 72.3 Å². The van der Waals surface area contributed by atoms with Crippen molar-refractivity contribution in [2.45, 2.75) is 0 Å². The van der Waals surface area contributed by atoms with Crippen LogP contribution in [0.3, 0.4) is 0 Å². The van der Waals surface area contributed by atoms with Crippen LogP contribution in [0.15, 0.2) is 36.5 Å². The predicted molar refractivity (Wildman–Crippen MR) is 55.5 cm³/mol. The number of halogens is 1. The van der Waals surface area contributed by atoms with Crippen molar-refractivity contribution in [3.63, 3.8) is 0 Å². The molecule has 0 bridgehead atoms. The van der Waals surface area contributed by atoms with Crippen molar-refractivity contribution in [3.8, 4) is 11.8 Å². The maximum Gasteiger partial charge on any atom is 0.354 e. The van der Waals surface area contributed by atoms with Crippen molar-refractivity contribution >= 4 is 5.97 Å². The van der Waals surface area contributed by atoms with Gasteiger partial charge in [0.15, 0.2) is 5.69 Å². The number of nitrogens with zero attached hydrogens (tertiary/aromatic N) is 2. The molecule has 0 saturated heterocycles. The molecule has 0 saturated carbocycles. The van der Waals surface area contributed by atoms with Crippen LogP contribution in [-0.2, 0) is 0 Å². The molecular weight excluding hydrogens is 227 g/mol. The standard InChI is InChI=1S/C11H7FN2O3/c12-7-2-1-3-8(6-7)17-11-13-5-4-9(14-11)10(15)16/h1-6H,(H,15,16). The van der Waals surface area contributed by atoms with Crippen LogP contribution >= 0.6 is 0 Å². The number of ether oxygens (including phenoxy) is 1. The van der Waals surface area contributed by atoms with Gasteiger partial charge in [0, 0.05) is 12.3 Å². The molecule has 0 aliphatic heterocycles. The summed E-state index contributed by atoms with van der Waals surface area (Å²) in [6, 6.07) is 6.49. The van der Waals surface area contributed by atoms with Gasteiger partial charge < -0.3 is 9.84 Å². The Kier molecular flexibility index (Phi) is 2.95. The van der Waals surface area contributed by atoms with Crippen molar-refractivity contribution in [1.29, 1.82) is 0 Å². The first kappa shape index (κ1) is 11.0. The Balaban J connectivity index is 2.24. The summed E-state index contributed by atoms with van der Waals surface area (Å²) in [5.74, 6) is -1.44. The minimum absolute atomic E-state index is 0.143. The van der Waals surface area contributed by atoms with Crippen LogP contribution in [0, 0.1) is 5.82 Å². The van der Waals surface area contributed by atoms with E-state index < -0.39 is 11.8 Å². The maximum atomic E-state index is 12.9. The van der Waals surface area contributed by atoms with Gasteiger partial charge in [-0.1, -0.05) is 6.07 Å². The molecule has 1 aromatic heterocycles. The van der Waals surface area contributed by atoms with E-state index in [1.165, 1.54) is 30.5 Å². The fourth-order valence-electron chi connectivity index (χ4n) is 1.14. The average molecular weight is 234 g/mol. The lowest BCUT2D eigenvalue weighted by Gasteiger charge is -2.03. The summed E-state index contributed by atoms with van der Waals surface area (Å²) in [4.78, 5) is 18.0. The van der Waals surface area contributed by atoms with Gasteiger partial charge in [0.25, 0.3) is 0 Å². The van der Waals surface area contributed by atoms with Crippen LogP contribution in [0.1, 0.15) is 10.5 Å². The van der Waals surface area contributed by atoms with E-state index in [0.29, 0.717) is 0 Å². The van der Waals surface area contributed by atoms with Crippen LogP contribution in [-0.4, -0.2) is 21.0 Å². The number of benzene rings is 1. The Bertz CT molecular complexity index is 560. The molecule has 1 aromatic carbocycles. The molecule has 1 N–H and O–H groups in total. The molecule has 0 fully saturated rings. The van der Waals surface area contributed by atoms with E-state index in [2.05, 4.69) is 9.97 Å². The molecule has 0 spiro atoms. The van der Waals surface area contributed by atoms with Gasteiger partial charge in [0.05, 0.1) is 0 Å². The molecule has 0 atom stereocenters. The first-order chi connectivity index (χ1) is 8.15. The van der Waals surface area contributed by atoms with E-state index in [9.17, 15) is 9.18 Å². The zero-order valence-corrected chi connectivity index (χ0v) is 8.50. The third-order valence-electron chi connectivity index (χ3n) is 1.86. The minimum atomic E-state index is -1.18. The largest absolute Gasteiger partial charge is 0.477 e. The molecule has 1 heterocycles. The summed E-state index contributed by atoms with van der Waals surface area (Å²) >= 11 is 0. The second kappa shape index (κ2) is 4.56. The fraction of sp³-hybridized carbons (Fsp3) is 0. The van der Waals surface area contributed by atoms with Crippen molar-refractivity contribution < 1.29 is 19.0 Å². The van der Waals surface area contributed by atoms with Gasteiger partial charge in [-0.25, -0.2) is 14.2 Å². The van der Waals surface area contributed by atoms with E-state index in [0.717, 1.165) is 6.07 Å². The summed E-state index contributed by atoms with van der Waals surface area (Å²) < 4.78 is 18.0. The molecule has 2 rings (SSSR count). The number of rotatable bonds is 3. The molecule has 0 aliphatic rings. The zero-order chi connectivity index (χ0) is 12.3. The number of aromatic carboxylic acids is 1. The van der Waals surface area contributed by atoms with Crippen molar-refractivity contribution in [3.05, 3.63) is 48.0 Å². The smallest absolute Gasteiger partial charge is 0.354 e. The predicted octanol–water partition coefficient (Wildman–Crippen LogP) is 2.11. The van der Waals surface area contributed by atoms with Crippen molar-refractivity contribution in [2.75, 3.05) is 0 Å². The van der Waals surface area contributed by atoms with Gasteiger partial charge in [-0.3, -0.25) is 0 Å². The van der Waals surface area contributed by atoms with Gasteiger partial charge in [0.2, 0.25) is 0 Å². The average Bonchev–Trinajstić information content (AvgIpc) is 2.29. The van der Waals surface area contributed by atoms with Crippen molar-refractivity contribution in [1.82, 2.24) is 9.97 Å². The maximum absolute atomic E-state index is 12.9. The highest BCUT2D eigenvalue weighted by Gasteiger charge is 2.07. The summed E-state index contributed by atoms with van der Waals surface area (Å²) in [5.41, 5.74) is -0.189. The third kappa shape index (κ3) is 2.75. The van der Waals surface area contributed by atoms with Crippen LogP contribution in [0.25, 0.3) is 0 Å². The summed E-state index contributed by atoms with van der Waals surface area (Å²) in [6.45, 7) is 0. The molecule has 86 valence electrons. The third-order valence-corrected chi connectivity index (χ3v) is 1.86. The van der Waals surface area contributed by atoms with Crippen LogP contribution in [0.5, 0.6) is 11.8 Å². The highest BCUT2D eigenvalue weighted by Crippen LogP contribution is 2.18. The highest BCUT2D eigenvalue weighted by molar-refractivity contribution is 5.85. The first-order valence-electron chi connectivity index (χ1n) is 4.65. The monoisotopic (exact) mass is 234 g/mol. The van der Waals surface area contributed by atoms with Gasteiger partial charge >= 0.3 is 12.0 Å². The summed E-state index contributed by atoms with van der Waals surface area (Å²) in [7, 11) is 0. The Morgan fingerprint density at radius 2 is 2.18 bits per heavy atom. The highest BCUT2D eigenvalue weighted by atomic mass is 19.1. The number of hydrogen-bond donors (Lipinski definition) is 1. The Morgan fingerprint density at radius 1 is 1.35 bits per heavy atom. The number of carboxylic acid groups (broad SMARTS) is 1. The second-order valence-electron chi connectivity index (χ2n) is 3.09. The number of aromatic nitrogens is 2. The molecular formula is C11H7FN2O3. The van der Waals surface area contributed by atoms with Gasteiger partial charge in [-0.15, -0.1) is 0 Å². The van der Waals surface area contributed by atoms with Crippen LogP contribution in [0.4, 0.5) is 4.39 Å². The number of carboxylic acids is 1. The van der Waals surface area contributed by atoms with Gasteiger partial charge in [-0.2, -0.15) is 4.98 Å². The Hall–Kier alpha value is -2.50. The molecule has 6 heteroatoms. The molecule has 2 aromatic rings. The summed E-state index contributed by atoms with van der Waals surface area (Å²) in [5, 5.41) is 8.71. The molecule has 5 nitrogen and oxygen atoms in total. The molecule has 0 radical (unpaired) electrons. The quantitative estimate of drug-likeness (QED) is 0.880. The summed E-state index contributed by atoms with van der Waals surface area (Å²) in [6.07, 6.45) is 1.26. The van der Waals surface area contributed by atoms with E-state index in [4.69, 9.17) is 9.84 Å². The Morgan fingerprint density at radius 3 is 2.88 bits per heavy atom. The van der Waals surface area contributed by atoms with E-state index in [1.54, 1.807) is 0 Å². The minimum Gasteiger partial charge on any atom is -0.477 e. The van der Waals surface area contributed by atoms with E-state index >= 15 is 0 Å². The lowest BCUT2D eigenvalue weighted by Crippen LogP contribution is -2.02. The zero-order valence-electron chi connectivity index (χ0n) is 8.50. The molecule has 0 aliphatic carbocycles. The lowest BCUT2D eigenvalue weighted by molar-refractivity contribution is 0.0689. The number of hydrogen-bond acceptors (Lipinski definition) is 4. The van der Waals surface area contributed by atoms with Crippen molar-refractivity contribution in [2.24, 2.45) is 0 Å². The van der Waals surface area contributed by atoms with Gasteiger partial charge in [0.1, 0.15) is 11.6 Å². The molecule has 0 amide bonds. The first-order valence-corrected chi connectivity index (χ1v) is 4.65. The van der Waals surface area contributed by atoms with Crippen LogP contribution < -0.4 is 4.74 Å². The normalized spacial score (nSPS) is 9.94. The van der Waals surface area contributed by atoms with Crippen LogP contribution in [0.2, 0.25) is 0 Å². The lowest BCUT2D eigenvalue weighted by atomic mass is 10.3. The van der Waals surface area contributed by atoms with E-state index in [-0.39, 0.29) is 17.5 Å². The Labute approximate surface area is 95.5 Å². The van der Waals surface area contributed by atoms with E-state index in [1.807, 2.05) is 0 Å². The SMILES string of the molecule is O=C(O)c1ccnc(Oc2cccc(F)c2)n1. The second-order valence-corrected chi connectivity index (χ2v) is 3.09. The molecule has 0 unspecified atom stereocenters. The molecule has 17 heavy (non-hydrogen) atoms. The fourth-order valence-corrected chi connectivity index (χ4v) is 1.14. The van der Waals surface area contributed by atoms with Gasteiger partial charge in [-0.05, 0) is 18.2 Å².